The van der Waals surface area contributed by atoms with Crippen molar-refractivity contribution in [2.45, 2.75) is 32.7 Å². The minimum atomic E-state index is -0.607. The first-order valence-electron chi connectivity index (χ1n) is 11.3. The molecule has 0 aliphatic carbocycles. The molecule has 1 atom stereocenters. The van der Waals surface area contributed by atoms with E-state index in [1.165, 1.54) is 24.0 Å². The van der Waals surface area contributed by atoms with Gasteiger partial charge in [-0.05, 0) is 63.7 Å². The average Bonchev–Trinajstić information content (AvgIpc) is 3.11. The van der Waals surface area contributed by atoms with Gasteiger partial charge < -0.3 is 9.64 Å². The Morgan fingerprint density at radius 1 is 1.20 bits per heavy atom. The number of anilines is 1. The molecule has 0 saturated heterocycles. The smallest absolute Gasteiger partial charge is 0.338 e. The molecule has 0 N–H and O–H groups in total. The van der Waals surface area contributed by atoms with Crippen LogP contribution in [0, 0.1) is 0 Å². The predicted molar refractivity (Wildman–Crippen MR) is 145 cm³/mol. The van der Waals surface area contributed by atoms with E-state index in [0.29, 0.717) is 26.5 Å². The van der Waals surface area contributed by atoms with Crippen molar-refractivity contribution in [1.82, 2.24) is 4.57 Å². The maximum atomic E-state index is 13.7. The number of hydrogen-bond acceptors (Lipinski definition) is 6. The molecule has 1 aliphatic rings. The van der Waals surface area contributed by atoms with E-state index in [9.17, 15) is 9.59 Å². The molecule has 0 bridgehead atoms. The zero-order valence-corrected chi connectivity index (χ0v) is 23.0. The van der Waals surface area contributed by atoms with Crippen molar-refractivity contribution < 1.29 is 9.53 Å². The molecule has 0 saturated carbocycles. The van der Waals surface area contributed by atoms with Crippen molar-refractivity contribution in [2.75, 3.05) is 26.1 Å². The van der Waals surface area contributed by atoms with Crippen molar-refractivity contribution in [3.05, 3.63) is 94.6 Å². The van der Waals surface area contributed by atoms with Crippen LogP contribution in [0.5, 0.6) is 0 Å². The number of thiazole rings is 1. The molecular weight excluding hydrogens is 526 g/mol. The highest BCUT2D eigenvalue weighted by Crippen LogP contribution is 2.31. The average molecular weight is 555 g/mol. The van der Waals surface area contributed by atoms with E-state index in [0.717, 1.165) is 21.3 Å². The van der Waals surface area contributed by atoms with E-state index in [1.54, 1.807) is 11.5 Å². The van der Waals surface area contributed by atoms with Gasteiger partial charge in [0.25, 0.3) is 5.56 Å². The summed E-state index contributed by atoms with van der Waals surface area (Å²) in [7, 11) is 5.31. The first kappa shape index (κ1) is 25.1. The molecule has 2 heterocycles. The molecule has 182 valence electrons. The highest BCUT2D eigenvalue weighted by Gasteiger charge is 2.33. The molecule has 35 heavy (non-hydrogen) atoms. The number of halogens is 1. The number of fused-ring (bicyclic) bond motifs is 1. The van der Waals surface area contributed by atoms with Crippen LogP contribution in [-0.4, -0.2) is 31.7 Å². The summed E-state index contributed by atoms with van der Waals surface area (Å²) in [6.45, 7) is 6.05. The third-order valence-electron chi connectivity index (χ3n) is 6.10. The van der Waals surface area contributed by atoms with E-state index in [2.05, 4.69) is 34.8 Å². The summed E-state index contributed by atoms with van der Waals surface area (Å²) >= 11 is 4.93. The number of ether oxygens (including phenoxy) is 1. The third-order valence-corrected chi connectivity index (χ3v) is 7.72. The highest BCUT2D eigenvalue weighted by molar-refractivity contribution is 9.10. The molecule has 1 unspecified atom stereocenters. The molecule has 8 heteroatoms. The Morgan fingerprint density at radius 2 is 1.89 bits per heavy atom. The van der Waals surface area contributed by atoms with Crippen LogP contribution < -0.4 is 19.8 Å². The van der Waals surface area contributed by atoms with Gasteiger partial charge in [-0.1, -0.05) is 55.5 Å². The fourth-order valence-electron chi connectivity index (χ4n) is 4.20. The van der Waals surface area contributed by atoms with Gasteiger partial charge in [0, 0.05) is 18.6 Å². The van der Waals surface area contributed by atoms with Crippen LogP contribution in [0.3, 0.4) is 0 Å². The lowest BCUT2D eigenvalue weighted by Crippen LogP contribution is -2.39. The summed E-state index contributed by atoms with van der Waals surface area (Å²) in [4.78, 5) is 33.7. The first-order chi connectivity index (χ1) is 16.6. The second kappa shape index (κ2) is 9.95. The van der Waals surface area contributed by atoms with E-state index >= 15 is 0 Å². The molecule has 6 nitrogen and oxygen atoms in total. The zero-order chi connectivity index (χ0) is 25.4. The monoisotopic (exact) mass is 553 g/mol. The van der Waals surface area contributed by atoms with Crippen LogP contribution >= 0.6 is 27.3 Å². The van der Waals surface area contributed by atoms with Crippen molar-refractivity contribution in [3.8, 4) is 0 Å². The van der Waals surface area contributed by atoms with Crippen molar-refractivity contribution >= 4 is 45.0 Å². The molecule has 3 aromatic rings. The molecule has 0 radical (unpaired) electrons. The Balaban J connectivity index is 1.91. The number of nitrogens with zero attached hydrogens (tertiary/aromatic N) is 3. The molecule has 0 spiro atoms. The molecule has 0 amide bonds. The van der Waals surface area contributed by atoms with Crippen LogP contribution in [-0.2, 0) is 9.53 Å². The summed E-state index contributed by atoms with van der Waals surface area (Å²) in [5.74, 6) is -0.108. The Labute approximate surface area is 217 Å². The molecule has 4 rings (SSSR count). The molecule has 1 aromatic heterocycles. The van der Waals surface area contributed by atoms with Crippen LogP contribution in [0.15, 0.2) is 68.0 Å². The van der Waals surface area contributed by atoms with Crippen LogP contribution in [0.2, 0.25) is 0 Å². The largest absolute Gasteiger partial charge is 0.466 e. The SMILES string of the molecule is COC(=O)C1=C(C)N=c2sc(=Cc3ccc(N(C)C)c(Br)c3)c(=O)n2C1c1ccc(C(C)C)cc1. The Morgan fingerprint density at radius 3 is 2.46 bits per heavy atom. The highest BCUT2D eigenvalue weighted by atomic mass is 79.9. The lowest BCUT2D eigenvalue weighted by atomic mass is 9.93. The number of hydrogen-bond donors (Lipinski definition) is 0. The summed E-state index contributed by atoms with van der Waals surface area (Å²) in [5, 5.41) is 0. The Bertz CT molecular complexity index is 1500. The number of aromatic nitrogens is 1. The minimum absolute atomic E-state index is 0.187. The fourth-order valence-corrected chi connectivity index (χ4v) is 6.00. The maximum Gasteiger partial charge on any atom is 0.338 e. The van der Waals surface area contributed by atoms with Crippen LogP contribution in [0.4, 0.5) is 5.69 Å². The number of allylic oxidation sites excluding steroid dienone is 1. The van der Waals surface area contributed by atoms with Gasteiger partial charge in [-0.2, -0.15) is 0 Å². The number of methoxy groups -OCH3 is 1. The maximum absolute atomic E-state index is 13.7. The molecule has 2 aromatic carbocycles. The van der Waals surface area contributed by atoms with Gasteiger partial charge in [-0.15, -0.1) is 0 Å². The number of carbonyl (C=O) groups is 1. The topological polar surface area (TPSA) is 63.9 Å². The second-order valence-corrected chi connectivity index (χ2v) is 10.9. The van der Waals surface area contributed by atoms with E-state index in [1.807, 2.05) is 67.5 Å². The summed E-state index contributed by atoms with van der Waals surface area (Å²) in [5.41, 5.74) is 4.72. The van der Waals surface area contributed by atoms with Crippen LogP contribution in [0.25, 0.3) is 6.08 Å². The van der Waals surface area contributed by atoms with Gasteiger partial charge >= 0.3 is 5.97 Å². The number of carbonyl (C=O) groups excluding carboxylic acids is 1. The molecular formula is C27H28BrN3O3S. The van der Waals surface area contributed by atoms with E-state index in [4.69, 9.17) is 4.74 Å². The van der Waals surface area contributed by atoms with Crippen molar-refractivity contribution in [2.24, 2.45) is 4.99 Å². The lowest BCUT2D eigenvalue weighted by Gasteiger charge is -2.24. The summed E-state index contributed by atoms with van der Waals surface area (Å²) < 4.78 is 8.20. The Kier molecular flexibility index (Phi) is 7.15. The quantitative estimate of drug-likeness (QED) is 0.440. The predicted octanol–water partition coefficient (Wildman–Crippen LogP) is 4.36. The van der Waals surface area contributed by atoms with Crippen molar-refractivity contribution in [1.29, 1.82) is 0 Å². The normalized spacial score (nSPS) is 15.8. The third kappa shape index (κ3) is 4.77. The van der Waals surface area contributed by atoms with Gasteiger partial charge in [0.15, 0.2) is 4.80 Å². The summed E-state index contributed by atoms with van der Waals surface area (Å²) in [6.07, 6.45) is 1.87. The number of rotatable bonds is 5. The van der Waals surface area contributed by atoms with E-state index < -0.39 is 12.0 Å². The van der Waals surface area contributed by atoms with Crippen molar-refractivity contribution in [3.63, 3.8) is 0 Å². The lowest BCUT2D eigenvalue weighted by molar-refractivity contribution is -0.136. The zero-order valence-electron chi connectivity index (χ0n) is 20.6. The standard InChI is InChI=1S/C27H28BrN3O3S/c1-15(2)18-8-10-19(11-9-18)24-23(26(33)34-6)16(3)29-27-31(24)25(32)22(35-27)14-17-7-12-21(30(4)5)20(28)13-17/h7-15,24H,1-6H3. The van der Waals surface area contributed by atoms with Crippen LogP contribution in [0.1, 0.15) is 49.4 Å². The first-order valence-corrected chi connectivity index (χ1v) is 12.9. The number of esters is 1. The van der Waals surface area contributed by atoms with Gasteiger partial charge in [0.05, 0.1) is 34.6 Å². The molecule has 1 aliphatic heterocycles. The second-order valence-electron chi connectivity index (χ2n) is 9.00. The van der Waals surface area contributed by atoms with Gasteiger partial charge in [-0.3, -0.25) is 9.36 Å². The molecule has 0 fully saturated rings. The van der Waals surface area contributed by atoms with Gasteiger partial charge in [0.2, 0.25) is 0 Å². The van der Waals surface area contributed by atoms with Gasteiger partial charge in [-0.25, -0.2) is 9.79 Å². The number of benzene rings is 2. The summed E-state index contributed by atoms with van der Waals surface area (Å²) in [6, 6.07) is 13.4. The minimum Gasteiger partial charge on any atom is -0.466 e. The van der Waals surface area contributed by atoms with E-state index in [-0.39, 0.29) is 5.56 Å². The fraction of sp³-hybridized carbons (Fsp3) is 0.296. The Hall–Kier alpha value is -2.97. The van der Waals surface area contributed by atoms with Gasteiger partial charge in [0.1, 0.15) is 0 Å².